The number of aryl methyl sites for hydroxylation is 1. The third kappa shape index (κ3) is 1.68. The average molecular weight is 206 g/mol. The van der Waals surface area contributed by atoms with E-state index in [0.29, 0.717) is 0 Å². The smallest absolute Gasteiger partial charge is 0.109 e. The predicted octanol–water partition coefficient (Wildman–Crippen LogP) is 2.54. The highest BCUT2D eigenvalue weighted by Crippen LogP contribution is 2.40. The van der Waals surface area contributed by atoms with E-state index >= 15 is 0 Å². The zero-order valence-electron chi connectivity index (χ0n) is 8.58. The Morgan fingerprint density at radius 2 is 2.36 bits per heavy atom. The lowest BCUT2D eigenvalue weighted by molar-refractivity contribution is 0.262. The SMILES string of the molecule is Cc1cc(CN(C)C2(C#N)CC2)cs1. The van der Waals surface area contributed by atoms with Crippen molar-refractivity contribution >= 4 is 11.3 Å². The second-order valence-corrected chi connectivity index (χ2v) is 5.18. The van der Waals surface area contributed by atoms with Gasteiger partial charge in [-0.25, -0.2) is 0 Å². The largest absolute Gasteiger partial charge is 0.284 e. The molecule has 1 aromatic rings. The van der Waals surface area contributed by atoms with Gasteiger partial charge < -0.3 is 0 Å². The first-order valence-corrected chi connectivity index (χ1v) is 5.71. The highest BCUT2D eigenvalue weighted by molar-refractivity contribution is 7.10. The van der Waals surface area contributed by atoms with Gasteiger partial charge in [0, 0.05) is 11.4 Å². The Balaban J connectivity index is 2.02. The van der Waals surface area contributed by atoms with E-state index in [-0.39, 0.29) is 5.54 Å². The molecule has 0 atom stereocenters. The summed E-state index contributed by atoms with van der Waals surface area (Å²) in [7, 11) is 2.04. The van der Waals surface area contributed by atoms with Crippen LogP contribution in [0, 0.1) is 18.3 Å². The summed E-state index contributed by atoms with van der Waals surface area (Å²) < 4.78 is 0. The molecular formula is C11H14N2S. The normalized spacial score (nSPS) is 18.1. The van der Waals surface area contributed by atoms with Gasteiger partial charge in [0.05, 0.1) is 6.07 Å². The van der Waals surface area contributed by atoms with Gasteiger partial charge in [-0.1, -0.05) is 0 Å². The Bertz CT molecular complexity index is 371. The topological polar surface area (TPSA) is 27.0 Å². The minimum absolute atomic E-state index is 0.143. The van der Waals surface area contributed by atoms with Crippen molar-refractivity contribution in [3.8, 4) is 6.07 Å². The van der Waals surface area contributed by atoms with Crippen molar-refractivity contribution in [2.24, 2.45) is 0 Å². The first kappa shape index (κ1) is 9.70. The van der Waals surface area contributed by atoms with Crippen molar-refractivity contribution in [3.05, 3.63) is 21.9 Å². The standard InChI is InChI=1S/C11H14N2S/c1-9-5-10(7-14-9)6-13(2)11(8-12)3-4-11/h5,7H,3-4,6H2,1-2H3. The van der Waals surface area contributed by atoms with Crippen LogP contribution < -0.4 is 0 Å². The van der Waals surface area contributed by atoms with E-state index in [4.69, 9.17) is 5.26 Å². The number of rotatable bonds is 3. The molecule has 0 radical (unpaired) electrons. The molecule has 0 saturated heterocycles. The minimum Gasteiger partial charge on any atom is -0.284 e. The highest BCUT2D eigenvalue weighted by Gasteiger charge is 2.46. The van der Waals surface area contributed by atoms with E-state index in [0.717, 1.165) is 19.4 Å². The maximum absolute atomic E-state index is 9.02. The molecule has 0 bridgehead atoms. The molecule has 1 fully saturated rings. The molecule has 1 aromatic heterocycles. The zero-order chi connectivity index (χ0) is 10.2. The van der Waals surface area contributed by atoms with Crippen molar-refractivity contribution in [2.75, 3.05) is 7.05 Å². The zero-order valence-corrected chi connectivity index (χ0v) is 9.40. The number of hydrogen-bond donors (Lipinski definition) is 0. The van der Waals surface area contributed by atoms with Crippen LogP contribution in [0.15, 0.2) is 11.4 Å². The van der Waals surface area contributed by atoms with E-state index in [2.05, 4.69) is 29.3 Å². The quantitative estimate of drug-likeness (QED) is 0.760. The van der Waals surface area contributed by atoms with Crippen molar-refractivity contribution in [2.45, 2.75) is 31.8 Å². The van der Waals surface area contributed by atoms with Crippen LogP contribution >= 0.6 is 11.3 Å². The molecule has 2 nitrogen and oxygen atoms in total. The number of nitriles is 1. The molecule has 0 spiro atoms. The van der Waals surface area contributed by atoms with Gasteiger partial charge >= 0.3 is 0 Å². The fourth-order valence-corrected chi connectivity index (χ4v) is 2.40. The molecule has 1 heterocycles. The van der Waals surface area contributed by atoms with Crippen LogP contribution in [0.1, 0.15) is 23.3 Å². The van der Waals surface area contributed by atoms with Crippen LogP contribution in [0.5, 0.6) is 0 Å². The Kier molecular flexibility index (Phi) is 2.34. The predicted molar refractivity (Wildman–Crippen MR) is 58.1 cm³/mol. The Morgan fingerprint density at radius 1 is 1.64 bits per heavy atom. The lowest BCUT2D eigenvalue weighted by atomic mass is 10.2. The van der Waals surface area contributed by atoms with Crippen molar-refractivity contribution in [1.82, 2.24) is 4.90 Å². The third-order valence-corrected chi connectivity index (χ3v) is 3.78. The Hall–Kier alpha value is -0.850. The molecule has 0 aliphatic heterocycles. The molecule has 0 aromatic carbocycles. The van der Waals surface area contributed by atoms with Gasteiger partial charge in [-0.3, -0.25) is 4.90 Å². The maximum Gasteiger partial charge on any atom is 0.109 e. The van der Waals surface area contributed by atoms with E-state index in [9.17, 15) is 0 Å². The van der Waals surface area contributed by atoms with E-state index < -0.39 is 0 Å². The average Bonchev–Trinajstić information content (AvgIpc) is 2.87. The summed E-state index contributed by atoms with van der Waals surface area (Å²) in [6.45, 7) is 3.02. The van der Waals surface area contributed by atoms with Gasteiger partial charge in [-0.05, 0) is 43.8 Å². The monoisotopic (exact) mass is 206 g/mol. The number of thiophene rings is 1. The molecule has 0 N–H and O–H groups in total. The molecule has 1 aliphatic carbocycles. The van der Waals surface area contributed by atoms with E-state index in [1.165, 1.54) is 10.4 Å². The first-order valence-electron chi connectivity index (χ1n) is 4.83. The second kappa shape index (κ2) is 3.38. The van der Waals surface area contributed by atoms with Gasteiger partial charge in [0.1, 0.15) is 5.54 Å². The van der Waals surface area contributed by atoms with Crippen LogP contribution in [-0.4, -0.2) is 17.5 Å². The number of hydrogen-bond acceptors (Lipinski definition) is 3. The van der Waals surface area contributed by atoms with Crippen molar-refractivity contribution in [1.29, 1.82) is 5.26 Å². The van der Waals surface area contributed by atoms with E-state index in [1.54, 1.807) is 11.3 Å². The van der Waals surface area contributed by atoms with Crippen molar-refractivity contribution in [3.63, 3.8) is 0 Å². The maximum atomic E-state index is 9.02. The van der Waals surface area contributed by atoms with Gasteiger partial charge in [0.15, 0.2) is 0 Å². The Labute approximate surface area is 88.8 Å². The summed E-state index contributed by atoms with van der Waals surface area (Å²) >= 11 is 1.78. The van der Waals surface area contributed by atoms with E-state index in [1.807, 2.05) is 7.05 Å². The molecule has 2 rings (SSSR count). The molecular weight excluding hydrogens is 192 g/mol. The molecule has 0 amide bonds. The summed E-state index contributed by atoms with van der Waals surface area (Å²) in [5, 5.41) is 11.2. The fraction of sp³-hybridized carbons (Fsp3) is 0.545. The fourth-order valence-electron chi connectivity index (χ4n) is 1.70. The molecule has 1 saturated carbocycles. The lowest BCUT2D eigenvalue weighted by Crippen LogP contribution is -2.31. The van der Waals surface area contributed by atoms with Crippen LogP contribution in [0.3, 0.4) is 0 Å². The molecule has 74 valence electrons. The number of nitrogens with zero attached hydrogens (tertiary/aromatic N) is 2. The van der Waals surface area contributed by atoms with Gasteiger partial charge in [0.25, 0.3) is 0 Å². The molecule has 1 aliphatic rings. The van der Waals surface area contributed by atoms with Gasteiger partial charge in [0.2, 0.25) is 0 Å². The first-order chi connectivity index (χ1) is 6.66. The summed E-state index contributed by atoms with van der Waals surface area (Å²) in [4.78, 5) is 3.52. The van der Waals surface area contributed by atoms with Crippen LogP contribution in [0.25, 0.3) is 0 Å². The van der Waals surface area contributed by atoms with Crippen LogP contribution in [-0.2, 0) is 6.54 Å². The summed E-state index contributed by atoms with van der Waals surface area (Å²) in [5.41, 5.74) is 1.19. The van der Waals surface area contributed by atoms with Crippen LogP contribution in [0.2, 0.25) is 0 Å². The summed E-state index contributed by atoms with van der Waals surface area (Å²) in [5.74, 6) is 0. The third-order valence-electron chi connectivity index (χ3n) is 2.87. The van der Waals surface area contributed by atoms with Gasteiger partial charge in [-0.2, -0.15) is 5.26 Å². The summed E-state index contributed by atoms with van der Waals surface area (Å²) in [6, 6.07) is 4.61. The molecule has 14 heavy (non-hydrogen) atoms. The second-order valence-electron chi connectivity index (χ2n) is 4.07. The highest BCUT2D eigenvalue weighted by atomic mass is 32.1. The molecule has 0 unspecified atom stereocenters. The van der Waals surface area contributed by atoms with Gasteiger partial charge in [-0.15, -0.1) is 11.3 Å². The Morgan fingerprint density at radius 3 is 2.79 bits per heavy atom. The van der Waals surface area contributed by atoms with Crippen LogP contribution in [0.4, 0.5) is 0 Å². The summed E-state index contributed by atoms with van der Waals surface area (Å²) in [6.07, 6.45) is 2.06. The minimum atomic E-state index is -0.143. The lowest BCUT2D eigenvalue weighted by Gasteiger charge is -2.20. The molecule has 3 heteroatoms. The van der Waals surface area contributed by atoms with Crippen molar-refractivity contribution < 1.29 is 0 Å².